The molecule has 0 fully saturated rings. The zero-order valence-electron chi connectivity index (χ0n) is 8.81. The summed E-state index contributed by atoms with van der Waals surface area (Å²) in [6, 6.07) is 4.32. The van der Waals surface area contributed by atoms with Crippen LogP contribution in [0, 0.1) is 0 Å². The van der Waals surface area contributed by atoms with E-state index in [9.17, 15) is 15.0 Å². The highest BCUT2D eigenvalue weighted by molar-refractivity contribution is 9.09. The van der Waals surface area contributed by atoms with Gasteiger partial charge in [0.25, 0.3) is 0 Å². The van der Waals surface area contributed by atoms with Crippen molar-refractivity contribution in [2.45, 2.75) is 18.6 Å². The maximum atomic E-state index is 10.9. The van der Waals surface area contributed by atoms with Gasteiger partial charge >= 0.3 is 5.97 Å². The first-order chi connectivity index (χ1) is 7.99. The van der Waals surface area contributed by atoms with Crippen LogP contribution in [0.4, 0.5) is 0 Å². The van der Waals surface area contributed by atoms with Gasteiger partial charge in [-0.05, 0) is 12.5 Å². The minimum atomic E-state index is -1.20. The Kier molecular flexibility index (Phi) is 5.39. The number of carbonyl (C=O) groups is 1. The number of aromatic carboxylic acids is 1. The number of halogens is 2. The molecule has 94 valence electrons. The molecule has 2 atom stereocenters. The molecule has 2 unspecified atom stereocenters. The van der Waals surface area contributed by atoms with Crippen LogP contribution in [0.2, 0.25) is 5.02 Å². The standard InChI is InChI=1S/C11H12BrClO4/c12-5-4-8(14)10(15)6-2-1-3-7(9(6)13)11(16)17/h1-3,8,10,14-15H,4-5H2,(H,16,17). The summed E-state index contributed by atoms with van der Waals surface area (Å²) >= 11 is 9.03. The molecule has 0 aliphatic heterocycles. The molecule has 1 aromatic carbocycles. The number of alkyl halides is 1. The van der Waals surface area contributed by atoms with E-state index in [2.05, 4.69) is 15.9 Å². The van der Waals surface area contributed by atoms with Crippen LogP contribution < -0.4 is 0 Å². The molecule has 1 aromatic rings. The number of carboxylic acids is 1. The van der Waals surface area contributed by atoms with Crippen LogP contribution in [0.5, 0.6) is 0 Å². The first-order valence-corrected chi connectivity index (χ1v) is 6.42. The normalized spacial score (nSPS) is 14.4. The van der Waals surface area contributed by atoms with Gasteiger partial charge in [0.2, 0.25) is 0 Å². The van der Waals surface area contributed by atoms with Crippen molar-refractivity contribution in [3.05, 3.63) is 34.3 Å². The maximum Gasteiger partial charge on any atom is 0.337 e. The Bertz CT molecular complexity index is 410. The van der Waals surface area contributed by atoms with Crippen molar-refractivity contribution in [3.8, 4) is 0 Å². The zero-order chi connectivity index (χ0) is 13.0. The molecule has 0 aliphatic rings. The van der Waals surface area contributed by atoms with Gasteiger partial charge in [-0.15, -0.1) is 0 Å². The Morgan fingerprint density at radius 2 is 2.06 bits per heavy atom. The molecule has 0 saturated heterocycles. The molecule has 0 heterocycles. The fourth-order valence-electron chi connectivity index (χ4n) is 1.42. The molecular weight excluding hydrogens is 311 g/mol. The summed E-state index contributed by atoms with van der Waals surface area (Å²) < 4.78 is 0. The Hall–Kier alpha value is -0.620. The van der Waals surface area contributed by atoms with Crippen LogP contribution in [0.3, 0.4) is 0 Å². The van der Waals surface area contributed by atoms with Gasteiger partial charge in [-0.1, -0.05) is 39.7 Å². The second-order valence-electron chi connectivity index (χ2n) is 3.50. The average molecular weight is 324 g/mol. The smallest absolute Gasteiger partial charge is 0.337 e. The van der Waals surface area contributed by atoms with E-state index in [1.807, 2.05) is 0 Å². The molecule has 3 N–H and O–H groups in total. The van der Waals surface area contributed by atoms with Crippen molar-refractivity contribution in [1.82, 2.24) is 0 Å². The van der Waals surface area contributed by atoms with Crippen molar-refractivity contribution < 1.29 is 20.1 Å². The molecule has 0 amide bonds. The van der Waals surface area contributed by atoms with Crippen LogP contribution in [-0.4, -0.2) is 32.7 Å². The second kappa shape index (κ2) is 6.35. The Morgan fingerprint density at radius 1 is 1.41 bits per heavy atom. The molecule has 6 heteroatoms. The number of rotatable bonds is 5. The Balaban J connectivity index is 3.06. The Morgan fingerprint density at radius 3 is 2.59 bits per heavy atom. The summed E-state index contributed by atoms with van der Waals surface area (Å²) in [7, 11) is 0. The van der Waals surface area contributed by atoms with Gasteiger partial charge in [-0.25, -0.2) is 4.79 Å². The molecule has 0 saturated carbocycles. The van der Waals surface area contributed by atoms with Crippen LogP contribution >= 0.6 is 27.5 Å². The summed E-state index contributed by atoms with van der Waals surface area (Å²) in [6.45, 7) is 0. The van der Waals surface area contributed by atoms with Crippen LogP contribution in [0.1, 0.15) is 28.4 Å². The van der Waals surface area contributed by atoms with E-state index in [0.29, 0.717) is 11.8 Å². The van der Waals surface area contributed by atoms with Crippen LogP contribution in [-0.2, 0) is 0 Å². The van der Waals surface area contributed by atoms with Crippen molar-refractivity contribution in [2.24, 2.45) is 0 Å². The second-order valence-corrected chi connectivity index (χ2v) is 4.67. The third-order valence-electron chi connectivity index (χ3n) is 2.35. The van der Waals surface area contributed by atoms with Crippen molar-refractivity contribution in [2.75, 3.05) is 5.33 Å². The quantitative estimate of drug-likeness (QED) is 0.726. The highest BCUT2D eigenvalue weighted by Gasteiger charge is 2.22. The van der Waals surface area contributed by atoms with Crippen LogP contribution in [0.25, 0.3) is 0 Å². The van der Waals surface area contributed by atoms with Gasteiger partial charge in [0.15, 0.2) is 0 Å². The molecule has 17 heavy (non-hydrogen) atoms. The number of hydrogen-bond acceptors (Lipinski definition) is 3. The number of benzene rings is 1. The summed E-state index contributed by atoms with van der Waals surface area (Å²) in [4.78, 5) is 10.9. The number of carboxylic acid groups (broad SMARTS) is 1. The van der Waals surface area contributed by atoms with Gasteiger partial charge in [0, 0.05) is 10.9 Å². The van der Waals surface area contributed by atoms with Gasteiger partial charge in [-0.3, -0.25) is 0 Å². The van der Waals surface area contributed by atoms with Crippen molar-refractivity contribution >= 4 is 33.5 Å². The third-order valence-corrected chi connectivity index (χ3v) is 3.23. The Labute approximate surface area is 112 Å². The predicted octanol–water partition coefficient (Wildman–Crippen LogP) is 2.22. The highest BCUT2D eigenvalue weighted by atomic mass is 79.9. The maximum absolute atomic E-state index is 10.9. The lowest BCUT2D eigenvalue weighted by Crippen LogP contribution is -2.19. The minimum Gasteiger partial charge on any atom is -0.478 e. The van der Waals surface area contributed by atoms with Gasteiger partial charge < -0.3 is 15.3 Å². The van der Waals surface area contributed by atoms with E-state index in [0.717, 1.165) is 0 Å². The molecular formula is C11H12BrClO4. The largest absolute Gasteiger partial charge is 0.478 e. The molecule has 0 aliphatic carbocycles. The SMILES string of the molecule is O=C(O)c1cccc(C(O)C(O)CCBr)c1Cl. The minimum absolute atomic E-state index is 0.0406. The van der Waals surface area contributed by atoms with E-state index in [1.54, 1.807) is 0 Å². The molecule has 0 bridgehead atoms. The van der Waals surface area contributed by atoms with Gasteiger partial charge in [-0.2, -0.15) is 0 Å². The monoisotopic (exact) mass is 322 g/mol. The summed E-state index contributed by atoms with van der Waals surface area (Å²) in [5.74, 6) is -1.17. The zero-order valence-corrected chi connectivity index (χ0v) is 11.1. The number of aliphatic hydroxyl groups excluding tert-OH is 2. The highest BCUT2D eigenvalue weighted by Crippen LogP contribution is 2.29. The molecule has 4 nitrogen and oxygen atoms in total. The fourth-order valence-corrected chi connectivity index (χ4v) is 2.21. The van der Waals surface area contributed by atoms with E-state index >= 15 is 0 Å². The molecule has 1 rings (SSSR count). The fraction of sp³-hybridized carbons (Fsp3) is 0.364. The van der Waals surface area contributed by atoms with E-state index in [-0.39, 0.29) is 16.1 Å². The molecule has 0 aromatic heterocycles. The first-order valence-electron chi connectivity index (χ1n) is 4.92. The third kappa shape index (κ3) is 3.42. The topological polar surface area (TPSA) is 77.8 Å². The number of aliphatic hydroxyl groups is 2. The lowest BCUT2D eigenvalue weighted by atomic mass is 10.0. The summed E-state index contributed by atoms with van der Waals surface area (Å²) in [6.07, 6.45) is -1.84. The predicted molar refractivity (Wildman–Crippen MR) is 67.8 cm³/mol. The molecule has 0 radical (unpaired) electrons. The average Bonchev–Trinajstić information content (AvgIpc) is 2.28. The first kappa shape index (κ1) is 14.4. The number of hydrogen-bond donors (Lipinski definition) is 3. The van der Waals surface area contributed by atoms with E-state index in [4.69, 9.17) is 16.7 Å². The molecule has 0 spiro atoms. The lowest BCUT2D eigenvalue weighted by molar-refractivity contribution is 0.0173. The van der Waals surface area contributed by atoms with Gasteiger partial charge in [0.1, 0.15) is 6.10 Å². The van der Waals surface area contributed by atoms with E-state index < -0.39 is 18.2 Å². The van der Waals surface area contributed by atoms with Gasteiger partial charge in [0.05, 0.1) is 16.7 Å². The van der Waals surface area contributed by atoms with E-state index in [1.165, 1.54) is 18.2 Å². The summed E-state index contributed by atoms with van der Waals surface area (Å²) in [5.41, 5.74) is 0.134. The summed E-state index contributed by atoms with van der Waals surface area (Å²) in [5, 5.41) is 28.9. The lowest BCUT2D eigenvalue weighted by Gasteiger charge is -2.19. The van der Waals surface area contributed by atoms with Crippen molar-refractivity contribution in [3.63, 3.8) is 0 Å². The van der Waals surface area contributed by atoms with Crippen LogP contribution in [0.15, 0.2) is 18.2 Å². The van der Waals surface area contributed by atoms with Crippen molar-refractivity contribution in [1.29, 1.82) is 0 Å².